The third kappa shape index (κ3) is 7.47. The summed E-state index contributed by atoms with van der Waals surface area (Å²) in [6.45, 7) is -0.847. The number of ketones is 1. The molecule has 16 heteroatoms. The molecular weight excluding hydrogens is 671 g/mol. The average Bonchev–Trinajstić information content (AvgIpc) is 2.93. The average molecular weight is 691 g/mol. The molecule has 1 N–H and O–H groups in total. The molecule has 6 nitrogen and oxygen atoms in total. The number of halogens is 9. The third-order valence-corrected chi connectivity index (χ3v) is 8.92. The highest BCUT2D eigenvalue weighted by Crippen LogP contribution is 2.42. The van der Waals surface area contributed by atoms with Gasteiger partial charge in [-0.1, -0.05) is 40.9 Å². The molecule has 0 aromatic heterocycles. The van der Waals surface area contributed by atoms with Gasteiger partial charge in [0.2, 0.25) is 0 Å². The highest BCUT2D eigenvalue weighted by atomic mass is 35.5. The first-order chi connectivity index (χ1) is 19.9. The number of rotatable bonds is 8. The fourth-order valence-electron chi connectivity index (χ4n) is 4.59. The van der Waals surface area contributed by atoms with E-state index in [4.69, 9.17) is 43.7 Å². The Kier molecular flexibility index (Phi) is 9.77. The fourth-order valence-corrected chi connectivity index (χ4v) is 5.93. The van der Waals surface area contributed by atoms with Gasteiger partial charge in [-0.25, -0.2) is 0 Å². The molecule has 3 aromatic carbocycles. The van der Waals surface area contributed by atoms with Crippen LogP contribution < -0.4 is 5.32 Å². The number of morpholine rings is 1. The number of nitrogens with one attached hydrogen (secondary N) is 1. The molecule has 0 amide bonds. The summed E-state index contributed by atoms with van der Waals surface area (Å²) in [4.78, 5) is 13.8. The lowest BCUT2D eigenvalue weighted by atomic mass is 9.78. The van der Waals surface area contributed by atoms with Crippen LogP contribution in [0, 0.1) is 0 Å². The van der Waals surface area contributed by atoms with Gasteiger partial charge in [-0.3, -0.25) is 8.98 Å². The van der Waals surface area contributed by atoms with Gasteiger partial charge in [-0.2, -0.15) is 34.8 Å². The van der Waals surface area contributed by atoms with Gasteiger partial charge in [0, 0.05) is 23.6 Å². The van der Waals surface area contributed by atoms with Crippen LogP contribution in [0.4, 0.5) is 26.3 Å². The van der Waals surface area contributed by atoms with Crippen LogP contribution in [-0.4, -0.2) is 39.6 Å². The standard InChI is InChI=1S/C27H20Cl3F6NO5S/c28-19-2-4-20(5-3-19)43(39,40)42-9-7-25(23(37-8-10-41-25)15-1-6-21(29)22(30)13-15)24(38)16-11-17(26(31,32)33)14-18(12-16)27(34,35)36/h1-6,11-14,23,37H,7-10H2. The van der Waals surface area contributed by atoms with E-state index in [-0.39, 0.29) is 56.9 Å². The maximum absolute atomic E-state index is 14.1. The Hall–Kier alpha value is -2.39. The highest BCUT2D eigenvalue weighted by Gasteiger charge is 2.51. The summed E-state index contributed by atoms with van der Waals surface area (Å²) in [6.07, 6.45) is -11.1. The summed E-state index contributed by atoms with van der Waals surface area (Å²) >= 11 is 18.0. The normalized spacial score (nSPS) is 19.8. The van der Waals surface area contributed by atoms with Gasteiger partial charge in [0.1, 0.15) is 0 Å². The molecular formula is C27H20Cl3F6NO5S. The second-order valence-corrected chi connectivity index (χ2v) is 12.3. The first kappa shape index (κ1) is 33.5. The number of hydrogen-bond donors (Lipinski definition) is 1. The second-order valence-electron chi connectivity index (χ2n) is 9.40. The summed E-state index contributed by atoms with van der Waals surface area (Å²) in [7, 11) is -4.42. The summed E-state index contributed by atoms with van der Waals surface area (Å²) in [5.74, 6) is -1.28. The lowest BCUT2D eigenvalue weighted by molar-refractivity contribution is -0.143. The molecule has 0 radical (unpaired) electrons. The molecule has 0 spiro atoms. The van der Waals surface area contributed by atoms with Crippen LogP contribution in [0.25, 0.3) is 0 Å². The van der Waals surface area contributed by atoms with Crippen molar-refractivity contribution in [1.29, 1.82) is 0 Å². The lowest BCUT2D eigenvalue weighted by Gasteiger charge is -2.43. The summed E-state index contributed by atoms with van der Waals surface area (Å²) < 4.78 is 118. The van der Waals surface area contributed by atoms with Gasteiger partial charge in [-0.15, -0.1) is 0 Å². The topological polar surface area (TPSA) is 81.7 Å². The van der Waals surface area contributed by atoms with Crippen LogP contribution in [0.5, 0.6) is 0 Å². The number of carbonyl (C=O) groups is 1. The Morgan fingerprint density at radius 3 is 2.07 bits per heavy atom. The van der Waals surface area contributed by atoms with Crippen LogP contribution in [0.15, 0.2) is 65.6 Å². The number of alkyl halides is 6. The quantitative estimate of drug-likeness (QED) is 0.148. The summed E-state index contributed by atoms with van der Waals surface area (Å²) in [6, 6.07) is 8.30. The first-order valence-electron chi connectivity index (χ1n) is 12.3. The van der Waals surface area contributed by atoms with E-state index in [2.05, 4.69) is 5.32 Å². The number of ether oxygens (including phenoxy) is 1. The molecule has 0 bridgehead atoms. The first-order valence-corrected chi connectivity index (χ1v) is 14.8. The molecule has 1 aliphatic rings. The lowest BCUT2D eigenvalue weighted by Crippen LogP contribution is -2.57. The Morgan fingerprint density at radius 1 is 0.907 bits per heavy atom. The molecule has 4 rings (SSSR count). The molecule has 0 saturated carbocycles. The van der Waals surface area contributed by atoms with Crippen molar-refractivity contribution in [3.63, 3.8) is 0 Å². The van der Waals surface area contributed by atoms with Crippen LogP contribution >= 0.6 is 34.8 Å². The zero-order valence-electron chi connectivity index (χ0n) is 21.5. The maximum Gasteiger partial charge on any atom is 0.416 e. The van der Waals surface area contributed by atoms with Crippen LogP contribution in [0.3, 0.4) is 0 Å². The molecule has 43 heavy (non-hydrogen) atoms. The van der Waals surface area contributed by atoms with Crippen LogP contribution in [0.1, 0.15) is 39.5 Å². The number of benzene rings is 3. The Balaban J connectivity index is 1.82. The maximum atomic E-state index is 14.1. The minimum Gasteiger partial charge on any atom is -0.363 e. The van der Waals surface area contributed by atoms with Crippen molar-refractivity contribution in [2.24, 2.45) is 0 Å². The minimum atomic E-state index is -5.23. The zero-order valence-corrected chi connectivity index (χ0v) is 24.6. The SMILES string of the molecule is O=C(c1cc(C(F)(F)F)cc(C(F)(F)F)c1)C1(CCOS(=O)(=O)c2ccc(Cl)cc2)OCCNC1c1ccc(Cl)c(Cl)c1. The Morgan fingerprint density at radius 2 is 1.51 bits per heavy atom. The van der Waals surface area contributed by atoms with E-state index in [1.807, 2.05) is 0 Å². The van der Waals surface area contributed by atoms with Gasteiger partial charge in [-0.05, 0) is 60.2 Å². The van der Waals surface area contributed by atoms with Crippen LogP contribution in [-0.2, 0) is 31.4 Å². The van der Waals surface area contributed by atoms with Crippen molar-refractivity contribution >= 4 is 50.7 Å². The predicted octanol–water partition coefficient (Wildman–Crippen LogP) is 7.76. The van der Waals surface area contributed by atoms with E-state index in [0.29, 0.717) is 0 Å². The van der Waals surface area contributed by atoms with Gasteiger partial charge in [0.25, 0.3) is 10.1 Å². The van der Waals surface area contributed by atoms with Crippen molar-refractivity contribution in [2.75, 3.05) is 19.8 Å². The molecule has 2 unspecified atom stereocenters. The van der Waals surface area contributed by atoms with E-state index in [1.165, 1.54) is 30.3 Å². The molecule has 1 heterocycles. The van der Waals surface area contributed by atoms with Crippen molar-refractivity contribution in [3.8, 4) is 0 Å². The second kappa shape index (κ2) is 12.5. The van der Waals surface area contributed by atoms with E-state index in [1.54, 1.807) is 0 Å². The predicted molar refractivity (Wildman–Crippen MR) is 146 cm³/mol. The van der Waals surface area contributed by atoms with Gasteiger partial charge in [0.05, 0.1) is 45.3 Å². The van der Waals surface area contributed by atoms with E-state index in [9.17, 15) is 39.6 Å². The number of Topliss-reactive ketones (excluding diaryl/α,β-unsaturated/α-hetero) is 1. The molecule has 3 aromatic rings. The van der Waals surface area contributed by atoms with Gasteiger partial charge < -0.3 is 10.1 Å². The van der Waals surface area contributed by atoms with E-state index < -0.39 is 69.6 Å². The third-order valence-electron chi connectivity index (χ3n) is 6.60. The molecule has 1 fully saturated rings. The van der Waals surface area contributed by atoms with Crippen molar-refractivity contribution in [2.45, 2.75) is 35.3 Å². The Labute approximate surface area is 257 Å². The molecule has 0 aliphatic carbocycles. The Bertz CT molecular complexity index is 1580. The van der Waals surface area contributed by atoms with Gasteiger partial charge in [0.15, 0.2) is 11.4 Å². The largest absolute Gasteiger partial charge is 0.416 e. The molecule has 2 atom stereocenters. The van der Waals surface area contributed by atoms with E-state index in [0.717, 1.165) is 12.1 Å². The highest BCUT2D eigenvalue weighted by molar-refractivity contribution is 7.86. The van der Waals surface area contributed by atoms with Crippen LogP contribution in [0.2, 0.25) is 15.1 Å². The monoisotopic (exact) mass is 689 g/mol. The fraction of sp³-hybridized carbons (Fsp3) is 0.296. The zero-order chi connectivity index (χ0) is 31.8. The van der Waals surface area contributed by atoms with Crippen molar-refractivity contribution in [3.05, 3.63) is 98.0 Å². The summed E-state index contributed by atoms with van der Waals surface area (Å²) in [5.41, 5.74) is -6.39. The van der Waals surface area contributed by atoms with Gasteiger partial charge >= 0.3 is 12.4 Å². The number of hydrogen-bond acceptors (Lipinski definition) is 6. The molecule has 1 saturated heterocycles. The molecule has 1 aliphatic heterocycles. The van der Waals surface area contributed by atoms with Crippen molar-refractivity contribution in [1.82, 2.24) is 5.32 Å². The minimum absolute atomic E-state index is 0.0351. The smallest absolute Gasteiger partial charge is 0.363 e. The molecule has 232 valence electrons. The number of carbonyl (C=O) groups excluding carboxylic acids is 1. The van der Waals surface area contributed by atoms with Crippen molar-refractivity contribution < 1.29 is 48.5 Å². The summed E-state index contributed by atoms with van der Waals surface area (Å²) in [5, 5.41) is 3.40. The van der Waals surface area contributed by atoms with E-state index >= 15 is 0 Å².